The molecule has 0 atom stereocenters. The molecule has 27 heavy (non-hydrogen) atoms. The van der Waals surface area contributed by atoms with Crippen molar-refractivity contribution in [2.24, 2.45) is 0 Å². The third-order valence-electron chi connectivity index (χ3n) is 4.26. The Bertz CT molecular complexity index is 791. The summed E-state index contributed by atoms with van der Waals surface area (Å²) in [6.45, 7) is 11.8. The lowest BCUT2D eigenvalue weighted by atomic mass is 9.78. The average molecular weight is 390 g/mol. The van der Waals surface area contributed by atoms with E-state index < -0.39 is 5.97 Å². The number of aliphatic carboxylic acids is 1. The Kier molecular flexibility index (Phi) is 5.80. The second-order valence-corrected chi connectivity index (χ2v) is 9.65. The summed E-state index contributed by atoms with van der Waals surface area (Å²) in [7, 11) is 0. The lowest BCUT2D eigenvalue weighted by Gasteiger charge is -2.28. The molecule has 0 aromatic heterocycles. The predicted octanol–water partition coefficient (Wildman–Crippen LogP) is 4.46. The van der Waals surface area contributed by atoms with Crippen LogP contribution in [-0.2, 0) is 20.4 Å². The Labute approximate surface area is 164 Å². The van der Waals surface area contributed by atoms with Gasteiger partial charge in [0.1, 0.15) is 12.3 Å². The number of thioether (sulfide) groups is 1. The van der Waals surface area contributed by atoms with Crippen molar-refractivity contribution in [3.63, 3.8) is 0 Å². The van der Waals surface area contributed by atoms with Gasteiger partial charge in [0.2, 0.25) is 0 Å². The quantitative estimate of drug-likeness (QED) is 0.746. The summed E-state index contributed by atoms with van der Waals surface area (Å²) in [6.07, 6.45) is 3.24. The van der Waals surface area contributed by atoms with Crippen molar-refractivity contribution in [3.05, 3.63) is 45.3 Å². The summed E-state index contributed by atoms with van der Waals surface area (Å²) in [5, 5.41) is 21.5. The van der Waals surface area contributed by atoms with Crippen molar-refractivity contribution in [1.82, 2.24) is 4.90 Å². The fourth-order valence-corrected chi connectivity index (χ4v) is 3.61. The fourth-order valence-electron chi connectivity index (χ4n) is 2.84. The van der Waals surface area contributed by atoms with Crippen LogP contribution in [0.5, 0.6) is 5.75 Å². The van der Waals surface area contributed by atoms with Gasteiger partial charge in [0.05, 0.1) is 4.91 Å². The molecule has 1 aliphatic rings. The number of hydrogen-bond donors (Lipinski definition) is 2. The molecule has 0 radical (unpaired) electrons. The molecule has 1 heterocycles. The Morgan fingerprint density at radius 2 is 1.63 bits per heavy atom. The highest BCUT2D eigenvalue weighted by Crippen LogP contribution is 2.40. The molecule has 1 aromatic carbocycles. The van der Waals surface area contributed by atoms with Crippen LogP contribution in [0.1, 0.15) is 58.2 Å². The SMILES string of the molecule is CC(C)(C)c1cc(C=C2SC=CN(CC(=O)O)C2=O)cc(C(C)(C)C)c1O. The summed E-state index contributed by atoms with van der Waals surface area (Å²) in [5.74, 6) is -1.12. The van der Waals surface area contributed by atoms with E-state index >= 15 is 0 Å². The number of nitrogens with zero attached hydrogens (tertiary/aromatic N) is 1. The number of hydrogen-bond acceptors (Lipinski definition) is 4. The molecule has 0 bridgehead atoms. The van der Waals surface area contributed by atoms with Gasteiger partial charge < -0.3 is 15.1 Å². The van der Waals surface area contributed by atoms with Crippen LogP contribution >= 0.6 is 11.8 Å². The van der Waals surface area contributed by atoms with Crippen LogP contribution in [0.4, 0.5) is 0 Å². The number of aromatic hydroxyl groups is 1. The van der Waals surface area contributed by atoms with Gasteiger partial charge in [-0.2, -0.15) is 0 Å². The molecular formula is C21H27NO4S. The van der Waals surface area contributed by atoms with Crippen LogP contribution in [0.2, 0.25) is 0 Å². The van der Waals surface area contributed by atoms with Crippen LogP contribution in [0.3, 0.4) is 0 Å². The minimum Gasteiger partial charge on any atom is -0.507 e. The lowest BCUT2D eigenvalue weighted by Crippen LogP contribution is -2.32. The average Bonchev–Trinajstić information content (AvgIpc) is 2.50. The second kappa shape index (κ2) is 7.43. The van der Waals surface area contributed by atoms with Crippen molar-refractivity contribution in [1.29, 1.82) is 0 Å². The van der Waals surface area contributed by atoms with E-state index in [-0.39, 0.29) is 29.0 Å². The second-order valence-electron chi connectivity index (χ2n) is 8.70. The van der Waals surface area contributed by atoms with E-state index in [1.807, 2.05) is 53.7 Å². The predicted molar refractivity (Wildman–Crippen MR) is 110 cm³/mol. The van der Waals surface area contributed by atoms with Crippen molar-refractivity contribution in [3.8, 4) is 5.75 Å². The Morgan fingerprint density at radius 1 is 1.11 bits per heavy atom. The van der Waals surface area contributed by atoms with Gasteiger partial charge in [0.15, 0.2) is 0 Å². The summed E-state index contributed by atoms with van der Waals surface area (Å²) < 4.78 is 0. The van der Waals surface area contributed by atoms with Crippen molar-refractivity contribution < 1.29 is 19.8 Å². The number of carbonyl (C=O) groups is 2. The number of phenols is 1. The molecule has 1 aliphatic heterocycles. The van der Waals surface area contributed by atoms with Crippen LogP contribution in [0.25, 0.3) is 6.08 Å². The Balaban J connectivity index is 2.55. The molecule has 2 N–H and O–H groups in total. The van der Waals surface area contributed by atoms with E-state index in [1.165, 1.54) is 22.9 Å². The smallest absolute Gasteiger partial charge is 0.323 e. The number of phenolic OH excluding ortho intramolecular Hbond substituents is 1. The monoisotopic (exact) mass is 389 g/mol. The van der Waals surface area contributed by atoms with E-state index in [1.54, 1.807) is 11.5 Å². The van der Waals surface area contributed by atoms with Crippen LogP contribution in [0.15, 0.2) is 28.6 Å². The van der Waals surface area contributed by atoms with Crippen molar-refractivity contribution >= 4 is 29.7 Å². The van der Waals surface area contributed by atoms with Gasteiger partial charge in [-0.15, -0.1) is 0 Å². The Morgan fingerprint density at radius 3 is 2.07 bits per heavy atom. The van der Waals surface area contributed by atoms with E-state index in [2.05, 4.69) is 0 Å². The topological polar surface area (TPSA) is 77.8 Å². The van der Waals surface area contributed by atoms with Crippen molar-refractivity contribution in [2.75, 3.05) is 6.54 Å². The molecule has 146 valence electrons. The summed E-state index contributed by atoms with van der Waals surface area (Å²) >= 11 is 1.26. The van der Waals surface area contributed by atoms with Gasteiger partial charge in [-0.3, -0.25) is 9.59 Å². The molecule has 0 spiro atoms. The first-order valence-electron chi connectivity index (χ1n) is 8.76. The highest BCUT2D eigenvalue weighted by Gasteiger charge is 2.27. The molecule has 1 aromatic rings. The molecule has 2 rings (SSSR count). The van der Waals surface area contributed by atoms with Gasteiger partial charge in [0, 0.05) is 17.3 Å². The number of benzene rings is 1. The standard InChI is InChI=1S/C21H27NO4S/c1-20(2,3)14-9-13(10-15(18(14)25)21(4,5)6)11-16-19(26)22(7-8-27-16)12-17(23)24/h7-11,25H,12H2,1-6H3,(H,23,24). The summed E-state index contributed by atoms with van der Waals surface area (Å²) in [6, 6.07) is 3.79. The molecule has 1 amide bonds. The van der Waals surface area contributed by atoms with Crippen LogP contribution in [-0.4, -0.2) is 33.5 Å². The van der Waals surface area contributed by atoms with E-state index in [0.29, 0.717) is 4.91 Å². The molecule has 5 nitrogen and oxygen atoms in total. The molecule has 0 saturated carbocycles. The van der Waals surface area contributed by atoms with E-state index in [4.69, 9.17) is 5.11 Å². The lowest BCUT2D eigenvalue weighted by molar-refractivity contribution is -0.141. The fraction of sp³-hybridized carbons (Fsp3) is 0.429. The van der Waals surface area contributed by atoms with Crippen LogP contribution in [0, 0.1) is 0 Å². The molecular weight excluding hydrogens is 362 g/mol. The van der Waals surface area contributed by atoms with Gasteiger partial charge in [-0.05, 0) is 40.0 Å². The third kappa shape index (κ3) is 4.95. The number of amides is 1. The largest absolute Gasteiger partial charge is 0.507 e. The Hall–Kier alpha value is -2.21. The highest BCUT2D eigenvalue weighted by atomic mass is 32.2. The van der Waals surface area contributed by atoms with E-state index in [9.17, 15) is 14.7 Å². The van der Waals surface area contributed by atoms with Gasteiger partial charge in [0.25, 0.3) is 5.91 Å². The first-order valence-corrected chi connectivity index (χ1v) is 9.64. The number of rotatable bonds is 3. The maximum absolute atomic E-state index is 12.6. The maximum Gasteiger partial charge on any atom is 0.323 e. The van der Waals surface area contributed by atoms with Gasteiger partial charge in [-0.25, -0.2) is 0 Å². The molecule has 0 saturated heterocycles. The van der Waals surface area contributed by atoms with Crippen LogP contribution < -0.4 is 0 Å². The third-order valence-corrected chi connectivity index (χ3v) is 5.06. The zero-order chi connectivity index (χ0) is 20.6. The number of carboxylic acid groups (broad SMARTS) is 1. The van der Waals surface area contributed by atoms with Crippen molar-refractivity contribution in [2.45, 2.75) is 52.4 Å². The highest BCUT2D eigenvalue weighted by molar-refractivity contribution is 8.06. The molecule has 6 heteroatoms. The minimum absolute atomic E-state index is 0.266. The van der Waals surface area contributed by atoms with Gasteiger partial charge >= 0.3 is 5.97 Å². The zero-order valence-electron chi connectivity index (χ0n) is 16.7. The van der Waals surface area contributed by atoms with Gasteiger partial charge in [-0.1, -0.05) is 53.3 Å². The maximum atomic E-state index is 12.6. The first kappa shape index (κ1) is 21.1. The summed E-state index contributed by atoms with van der Waals surface area (Å²) in [5.41, 5.74) is 1.90. The molecule has 0 fully saturated rings. The number of carboxylic acids is 1. The zero-order valence-corrected chi connectivity index (χ0v) is 17.5. The molecule has 0 aliphatic carbocycles. The van der Waals surface area contributed by atoms with E-state index in [0.717, 1.165) is 16.7 Å². The number of carbonyl (C=O) groups excluding carboxylic acids is 1. The summed E-state index contributed by atoms with van der Waals surface area (Å²) in [4.78, 5) is 25.1. The normalized spacial score (nSPS) is 16.9. The minimum atomic E-state index is -1.06. The molecule has 0 unspecified atom stereocenters. The first-order chi connectivity index (χ1) is 12.3.